The van der Waals surface area contributed by atoms with Gasteiger partial charge in [-0.1, -0.05) is 0 Å². The second kappa shape index (κ2) is 1080. The molecule has 0 saturated carbocycles. The Morgan fingerprint density at radius 1 is 0.308 bits per heavy atom. The maximum absolute atomic E-state index is 6.50. The average Bonchev–Trinajstić information content (AvgIpc) is 2.33. The van der Waals surface area contributed by atoms with Gasteiger partial charge in [0.05, 0.1) is 0 Å². The van der Waals surface area contributed by atoms with Gasteiger partial charge >= 0.3 is 68.9 Å². The van der Waals surface area contributed by atoms with Gasteiger partial charge in [-0.2, -0.15) is 0 Å². The van der Waals surface area contributed by atoms with Gasteiger partial charge in [0.25, 0.3) is 0 Å². The summed E-state index contributed by atoms with van der Waals surface area (Å²) in [5, 5.41) is 39.0. The van der Waals surface area contributed by atoms with E-state index in [0.717, 1.165) is 0 Å². The van der Waals surface area contributed by atoms with Gasteiger partial charge in [0.2, 0.25) is 0 Å². The van der Waals surface area contributed by atoms with Crippen LogP contribution in [0.15, 0.2) is 0 Å². The van der Waals surface area contributed by atoms with E-state index in [9.17, 15) is 0 Å². The van der Waals surface area contributed by atoms with E-state index in [2.05, 4.69) is 39.4 Å². The summed E-state index contributed by atoms with van der Waals surface area (Å²) in [6.07, 6.45) is 0. The van der Waals surface area contributed by atoms with Gasteiger partial charge in [-0.3, -0.25) is 0 Å². The predicted octanol–water partition coefficient (Wildman–Crippen LogP) is 0.190. The van der Waals surface area contributed by atoms with Crippen LogP contribution in [-0.2, 0) is 0 Å². The topological polar surface area (TPSA) is 143 Å². The van der Waals surface area contributed by atoms with E-state index in [1.165, 1.54) is 0 Å². The summed E-state index contributed by atoms with van der Waals surface area (Å²) in [7, 11) is 0. The van der Waals surface area contributed by atoms with Crippen molar-refractivity contribution in [1.29, 1.82) is 31.6 Å². The molecule has 0 bridgehead atoms. The summed E-state index contributed by atoms with van der Waals surface area (Å²) < 4.78 is 0. The summed E-state index contributed by atoms with van der Waals surface area (Å²) in [5.41, 5.74) is 0. The first kappa shape index (κ1) is 58.1. The zero-order valence-corrected chi connectivity index (χ0v) is 6.15. The molecule has 0 spiro atoms. The molecule has 0 aliphatic rings. The Morgan fingerprint density at radius 3 is 0.308 bits per heavy atom. The van der Waals surface area contributed by atoms with Crippen molar-refractivity contribution in [1.82, 2.24) is 0 Å². The van der Waals surface area contributed by atoms with E-state index >= 15 is 0 Å². The van der Waals surface area contributed by atoms with Crippen molar-refractivity contribution in [3.05, 3.63) is 0 Å². The van der Waals surface area contributed by atoms with Crippen LogP contribution in [0.5, 0.6) is 0 Å². The standard InChI is InChI=1S/6CHN.Cs.H/c6*1-2;;/h6*1H;;. The van der Waals surface area contributed by atoms with Crippen LogP contribution in [0.3, 0.4) is 0 Å². The molecule has 62 valence electrons. The van der Waals surface area contributed by atoms with Crippen molar-refractivity contribution in [2.75, 3.05) is 0 Å². The van der Waals surface area contributed by atoms with Gasteiger partial charge < -0.3 is 0 Å². The van der Waals surface area contributed by atoms with Gasteiger partial charge in [-0.15, -0.1) is 0 Å². The Hall–Kier alpha value is -1.01. The quantitative estimate of drug-likeness (QED) is 0.624. The summed E-state index contributed by atoms with van der Waals surface area (Å²) in [6.45, 7) is 21.0. The number of nitrogens with zero attached hydrogens (tertiary/aromatic N) is 6. The molecule has 0 N–H and O–H groups in total. The van der Waals surface area contributed by atoms with Crippen molar-refractivity contribution in [2.24, 2.45) is 0 Å². The summed E-state index contributed by atoms with van der Waals surface area (Å²) in [5.74, 6) is 0. The molecule has 0 rings (SSSR count). The molecule has 0 fully saturated rings. The Kier molecular flexibility index (Phi) is 4830. The van der Waals surface area contributed by atoms with Gasteiger partial charge in [0.15, 0.2) is 0 Å². The molecule has 0 saturated heterocycles. The van der Waals surface area contributed by atoms with E-state index in [4.69, 9.17) is 31.6 Å². The molecule has 0 amide bonds. The molecular formula is C6H7CsN6. The number of hydrogen-bond acceptors (Lipinski definition) is 6. The fourth-order valence-corrected chi connectivity index (χ4v) is 0. The summed E-state index contributed by atoms with van der Waals surface area (Å²) in [4.78, 5) is 0. The minimum absolute atomic E-state index is 0. The molecule has 0 aliphatic carbocycles. The van der Waals surface area contributed by atoms with Crippen LogP contribution in [0.2, 0.25) is 0 Å². The first-order valence-electron chi connectivity index (χ1n) is 1.55. The van der Waals surface area contributed by atoms with Crippen molar-refractivity contribution in [3.8, 4) is 39.4 Å². The fourth-order valence-electron chi connectivity index (χ4n) is 0. The monoisotopic (exact) mass is 296 g/mol. The molecule has 0 aromatic carbocycles. The maximum atomic E-state index is 6.50. The van der Waals surface area contributed by atoms with Crippen molar-refractivity contribution in [2.45, 2.75) is 0 Å². The molecule has 6 nitrogen and oxygen atoms in total. The zero-order valence-electron chi connectivity index (χ0n) is 6.15. The van der Waals surface area contributed by atoms with E-state index in [0.29, 0.717) is 0 Å². The third-order valence-corrected chi connectivity index (χ3v) is 0. The van der Waals surface area contributed by atoms with Crippen LogP contribution in [0.25, 0.3) is 0 Å². The molecule has 7 heteroatoms. The molecule has 0 atom stereocenters. The van der Waals surface area contributed by atoms with E-state index in [1.54, 1.807) is 0 Å². The van der Waals surface area contributed by atoms with Crippen LogP contribution in [-0.4, -0.2) is 68.9 Å². The third kappa shape index (κ3) is 875. The molecule has 0 radical (unpaired) electrons. The number of nitriles is 6. The van der Waals surface area contributed by atoms with E-state index in [1.807, 2.05) is 0 Å². The molecule has 0 aromatic heterocycles. The van der Waals surface area contributed by atoms with E-state index < -0.39 is 0 Å². The molecule has 0 aliphatic heterocycles. The fraction of sp³-hybridized carbons (Fsp3) is 0. The SMILES string of the molecule is C#N.C#N.C#N.C#N.C#N.C#N.[CsH]. The molecule has 0 unspecified atom stereocenters. The zero-order chi connectivity index (χ0) is 12.0. The second-order valence-corrected chi connectivity index (χ2v) is 0. The van der Waals surface area contributed by atoms with Gasteiger partial charge in [0, 0.05) is 39.4 Å². The van der Waals surface area contributed by atoms with Crippen LogP contribution < -0.4 is 0 Å². The molecule has 0 aromatic rings. The van der Waals surface area contributed by atoms with Crippen molar-refractivity contribution in [3.63, 3.8) is 0 Å². The third-order valence-electron chi connectivity index (χ3n) is 0. The normalized spacial score (nSPS) is 0.923. The summed E-state index contributed by atoms with van der Waals surface area (Å²) in [6, 6.07) is 0. The molecule has 0 heterocycles. The van der Waals surface area contributed by atoms with Crippen LogP contribution in [0.1, 0.15) is 0 Å². The molecular weight excluding hydrogens is 289 g/mol. The van der Waals surface area contributed by atoms with E-state index in [-0.39, 0.29) is 68.9 Å². The first-order valence-corrected chi connectivity index (χ1v) is 1.55. The number of rotatable bonds is 0. The molecule has 13 heavy (non-hydrogen) atoms. The van der Waals surface area contributed by atoms with Crippen LogP contribution in [0.4, 0.5) is 0 Å². The Bertz CT molecular complexity index is 92.1. The second-order valence-electron chi connectivity index (χ2n) is 0. The van der Waals surface area contributed by atoms with Crippen LogP contribution >= 0.6 is 0 Å². The average molecular weight is 296 g/mol. The Balaban J connectivity index is -0.00000000655. The van der Waals surface area contributed by atoms with Crippen molar-refractivity contribution < 1.29 is 0 Å². The first-order chi connectivity index (χ1) is 6.00. The predicted molar refractivity (Wildman–Crippen MR) is 47.2 cm³/mol. The minimum atomic E-state index is 0. The Morgan fingerprint density at radius 2 is 0.308 bits per heavy atom. The van der Waals surface area contributed by atoms with Gasteiger partial charge in [-0.25, -0.2) is 31.6 Å². The summed E-state index contributed by atoms with van der Waals surface area (Å²) >= 11 is 0. The van der Waals surface area contributed by atoms with Gasteiger partial charge in [0.1, 0.15) is 0 Å². The Labute approximate surface area is 137 Å². The van der Waals surface area contributed by atoms with Crippen molar-refractivity contribution >= 4 is 68.9 Å². The number of hydrogen-bond donors (Lipinski definition) is 0. The van der Waals surface area contributed by atoms with Gasteiger partial charge in [-0.05, 0) is 0 Å². The van der Waals surface area contributed by atoms with Crippen LogP contribution in [0, 0.1) is 71.0 Å².